The molecule has 0 aromatic heterocycles. The fourth-order valence-electron chi connectivity index (χ4n) is 1.72. The Morgan fingerprint density at radius 1 is 1.24 bits per heavy atom. The van der Waals surface area contributed by atoms with E-state index in [1.807, 2.05) is 6.92 Å². The van der Waals surface area contributed by atoms with Crippen LogP contribution in [0.15, 0.2) is 0 Å². The normalized spacial score (nSPS) is 15.6. The van der Waals surface area contributed by atoms with Crippen molar-refractivity contribution in [3.63, 3.8) is 0 Å². The molecule has 0 aromatic carbocycles. The molecule has 0 aromatic rings. The second-order valence-electron chi connectivity index (χ2n) is 4.09. The van der Waals surface area contributed by atoms with Gasteiger partial charge in [0.1, 0.15) is 0 Å². The SMILES string of the molecule is CCCCC(CC)(CCSC(F)(F)F)C(=O)O. The van der Waals surface area contributed by atoms with Gasteiger partial charge >= 0.3 is 11.5 Å². The van der Waals surface area contributed by atoms with Crippen LogP contribution in [0.1, 0.15) is 46.0 Å². The van der Waals surface area contributed by atoms with Gasteiger partial charge in [-0.05, 0) is 19.3 Å². The maximum atomic E-state index is 12.0. The van der Waals surface area contributed by atoms with Gasteiger partial charge in [-0.25, -0.2) is 0 Å². The van der Waals surface area contributed by atoms with Gasteiger partial charge in [0.2, 0.25) is 0 Å². The third kappa shape index (κ3) is 6.19. The first-order chi connectivity index (χ1) is 7.77. The minimum atomic E-state index is -4.28. The lowest BCUT2D eigenvalue weighted by molar-refractivity contribution is -0.150. The van der Waals surface area contributed by atoms with Crippen LogP contribution in [-0.2, 0) is 4.79 Å². The molecule has 0 aliphatic carbocycles. The molecule has 0 saturated carbocycles. The van der Waals surface area contributed by atoms with Gasteiger partial charge in [-0.1, -0.05) is 38.5 Å². The van der Waals surface area contributed by atoms with Crippen LogP contribution in [0.25, 0.3) is 0 Å². The van der Waals surface area contributed by atoms with E-state index in [9.17, 15) is 23.1 Å². The average Bonchev–Trinajstić information content (AvgIpc) is 2.21. The van der Waals surface area contributed by atoms with Gasteiger partial charge < -0.3 is 5.11 Å². The summed E-state index contributed by atoms with van der Waals surface area (Å²) in [5.41, 5.74) is -5.27. The summed E-state index contributed by atoms with van der Waals surface area (Å²) in [7, 11) is 0. The summed E-state index contributed by atoms with van der Waals surface area (Å²) in [6, 6.07) is 0. The predicted molar refractivity (Wildman–Crippen MR) is 63.0 cm³/mol. The summed E-state index contributed by atoms with van der Waals surface area (Å²) >= 11 is -0.137. The number of aliphatic carboxylic acids is 1. The van der Waals surface area contributed by atoms with Gasteiger partial charge in [-0.3, -0.25) is 4.79 Å². The van der Waals surface area contributed by atoms with Crippen molar-refractivity contribution >= 4 is 17.7 Å². The van der Waals surface area contributed by atoms with Crippen molar-refractivity contribution in [1.82, 2.24) is 0 Å². The monoisotopic (exact) mass is 272 g/mol. The fourth-order valence-corrected chi connectivity index (χ4v) is 2.45. The molecule has 2 nitrogen and oxygen atoms in total. The number of hydrogen-bond acceptors (Lipinski definition) is 2. The minimum Gasteiger partial charge on any atom is -0.481 e. The molecule has 1 unspecified atom stereocenters. The van der Waals surface area contributed by atoms with E-state index < -0.39 is 16.9 Å². The Labute approximate surface area is 104 Å². The minimum absolute atomic E-state index is 0.0724. The molecule has 17 heavy (non-hydrogen) atoms. The molecule has 0 radical (unpaired) electrons. The summed E-state index contributed by atoms with van der Waals surface area (Å²) in [5.74, 6) is -1.16. The molecule has 0 amide bonds. The zero-order valence-corrected chi connectivity index (χ0v) is 11.0. The Morgan fingerprint density at radius 2 is 1.82 bits per heavy atom. The number of carbonyl (C=O) groups is 1. The maximum Gasteiger partial charge on any atom is 0.441 e. The zero-order chi connectivity index (χ0) is 13.5. The lowest BCUT2D eigenvalue weighted by Crippen LogP contribution is -2.31. The highest BCUT2D eigenvalue weighted by Gasteiger charge is 2.37. The molecule has 0 heterocycles. The van der Waals surface area contributed by atoms with Gasteiger partial charge in [0.05, 0.1) is 5.41 Å². The van der Waals surface area contributed by atoms with Crippen molar-refractivity contribution in [3.8, 4) is 0 Å². The first kappa shape index (κ1) is 16.6. The van der Waals surface area contributed by atoms with E-state index in [-0.39, 0.29) is 23.9 Å². The van der Waals surface area contributed by atoms with Crippen LogP contribution >= 0.6 is 11.8 Å². The summed E-state index contributed by atoms with van der Waals surface area (Å²) in [6.45, 7) is 3.66. The van der Waals surface area contributed by atoms with E-state index in [1.54, 1.807) is 6.92 Å². The van der Waals surface area contributed by atoms with Crippen molar-refractivity contribution < 1.29 is 23.1 Å². The smallest absolute Gasteiger partial charge is 0.441 e. The number of hydrogen-bond donors (Lipinski definition) is 1. The molecule has 0 spiro atoms. The molecule has 0 aliphatic rings. The van der Waals surface area contributed by atoms with Crippen molar-refractivity contribution in [2.45, 2.75) is 51.5 Å². The Kier molecular flexibility index (Phi) is 6.97. The zero-order valence-electron chi connectivity index (χ0n) is 10.1. The molecule has 102 valence electrons. The van der Waals surface area contributed by atoms with Crippen LogP contribution < -0.4 is 0 Å². The van der Waals surface area contributed by atoms with Crippen LogP contribution in [0.4, 0.5) is 13.2 Å². The summed E-state index contributed by atoms with van der Waals surface area (Å²) in [6.07, 6.45) is 2.48. The van der Waals surface area contributed by atoms with Gasteiger partial charge in [0.25, 0.3) is 0 Å². The second kappa shape index (κ2) is 7.13. The second-order valence-corrected chi connectivity index (χ2v) is 5.25. The number of rotatable bonds is 8. The van der Waals surface area contributed by atoms with E-state index >= 15 is 0 Å². The Bertz CT molecular complexity index is 243. The quantitative estimate of drug-likeness (QED) is 0.715. The number of alkyl halides is 3. The molecular formula is C11H19F3O2S. The van der Waals surface area contributed by atoms with Crippen LogP contribution in [-0.4, -0.2) is 22.3 Å². The number of thioether (sulfide) groups is 1. The van der Waals surface area contributed by atoms with E-state index in [1.165, 1.54) is 0 Å². The molecule has 0 rings (SSSR count). The lowest BCUT2D eigenvalue weighted by Gasteiger charge is -2.28. The Morgan fingerprint density at radius 3 is 2.18 bits per heavy atom. The molecule has 0 bridgehead atoms. The molecule has 0 fully saturated rings. The van der Waals surface area contributed by atoms with Gasteiger partial charge in [0.15, 0.2) is 0 Å². The lowest BCUT2D eigenvalue weighted by atomic mass is 9.78. The van der Waals surface area contributed by atoms with Crippen molar-refractivity contribution in [2.24, 2.45) is 5.41 Å². The van der Waals surface area contributed by atoms with Gasteiger partial charge in [-0.15, -0.1) is 0 Å². The number of halogens is 3. The highest BCUT2D eigenvalue weighted by molar-refractivity contribution is 8.00. The molecule has 1 atom stereocenters. The maximum absolute atomic E-state index is 12.0. The van der Waals surface area contributed by atoms with Crippen LogP contribution in [0.3, 0.4) is 0 Å². The van der Waals surface area contributed by atoms with Crippen molar-refractivity contribution in [3.05, 3.63) is 0 Å². The standard InChI is InChI=1S/C11H19F3O2S/c1-3-5-6-10(4-2,9(15)16)7-8-17-11(12,13)14/h3-8H2,1-2H3,(H,15,16). The molecule has 1 N–H and O–H groups in total. The van der Waals surface area contributed by atoms with Crippen LogP contribution in [0.2, 0.25) is 0 Å². The summed E-state index contributed by atoms with van der Waals surface area (Å²) < 4.78 is 36.0. The number of carboxylic acids is 1. The average molecular weight is 272 g/mol. The van der Waals surface area contributed by atoms with E-state index in [2.05, 4.69) is 0 Å². The number of carboxylic acid groups (broad SMARTS) is 1. The largest absolute Gasteiger partial charge is 0.481 e. The third-order valence-corrected chi connectivity index (χ3v) is 3.72. The fraction of sp³-hybridized carbons (Fsp3) is 0.909. The van der Waals surface area contributed by atoms with E-state index in [0.717, 1.165) is 12.8 Å². The predicted octanol–water partition coefficient (Wildman–Crippen LogP) is 4.30. The molecule has 6 heteroatoms. The highest BCUT2D eigenvalue weighted by Crippen LogP contribution is 2.38. The topological polar surface area (TPSA) is 37.3 Å². The Hall–Kier alpha value is -0.390. The van der Waals surface area contributed by atoms with Gasteiger partial charge in [-0.2, -0.15) is 13.2 Å². The van der Waals surface area contributed by atoms with Crippen LogP contribution in [0.5, 0.6) is 0 Å². The van der Waals surface area contributed by atoms with Gasteiger partial charge in [0, 0.05) is 5.75 Å². The van der Waals surface area contributed by atoms with E-state index in [4.69, 9.17) is 0 Å². The molecule has 0 aliphatic heterocycles. The third-order valence-electron chi connectivity index (χ3n) is 2.99. The Balaban J connectivity index is 4.42. The van der Waals surface area contributed by atoms with Crippen molar-refractivity contribution in [1.29, 1.82) is 0 Å². The molecular weight excluding hydrogens is 253 g/mol. The number of unbranched alkanes of at least 4 members (excludes halogenated alkanes) is 1. The first-order valence-corrected chi connectivity index (χ1v) is 6.70. The van der Waals surface area contributed by atoms with E-state index in [0.29, 0.717) is 12.8 Å². The summed E-state index contributed by atoms with van der Waals surface area (Å²) in [5, 5.41) is 9.19. The van der Waals surface area contributed by atoms with Crippen LogP contribution in [0, 0.1) is 5.41 Å². The highest BCUT2D eigenvalue weighted by atomic mass is 32.2. The molecule has 0 saturated heterocycles. The van der Waals surface area contributed by atoms with Crippen molar-refractivity contribution in [2.75, 3.05) is 5.75 Å². The first-order valence-electron chi connectivity index (χ1n) is 5.71. The summed E-state index contributed by atoms with van der Waals surface area (Å²) in [4.78, 5) is 11.2.